The Morgan fingerprint density at radius 3 is 2.47 bits per heavy atom. The molecule has 0 aliphatic carbocycles. The topological polar surface area (TPSA) is 30.5 Å². The van der Waals surface area contributed by atoms with E-state index in [9.17, 15) is 0 Å². The first-order valence-electron chi connectivity index (χ1n) is 10.1. The molecule has 0 aliphatic rings. The van der Waals surface area contributed by atoms with E-state index >= 15 is 0 Å². The first kappa shape index (κ1) is 22.7. The first-order chi connectivity index (χ1) is 14.6. The Hall–Kier alpha value is -2.01. The molecule has 0 heterocycles. The Labute approximate surface area is 192 Å². The second-order valence-electron chi connectivity index (χ2n) is 7.30. The molecule has 3 rings (SSSR count). The highest BCUT2D eigenvalue weighted by Crippen LogP contribution is 2.37. The number of benzene rings is 3. The maximum atomic E-state index is 6.23. The van der Waals surface area contributed by atoms with E-state index in [1.807, 2.05) is 30.3 Å². The number of halogens is 2. The van der Waals surface area contributed by atoms with Crippen LogP contribution in [0.3, 0.4) is 0 Å². The third-order valence-electron chi connectivity index (χ3n) is 4.98. The molecule has 0 fully saturated rings. The number of nitrogens with one attached hydrogen (secondary N) is 1. The van der Waals surface area contributed by atoms with Crippen LogP contribution in [0.1, 0.15) is 30.0 Å². The molecule has 3 nitrogen and oxygen atoms in total. The zero-order valence-electron chi connectivity index (χ0n) is 17.3. The van der Waals surface area contributed by atoms with E-state index in [-0.39, 0.29) is 0 Å². The monoisotopic (exact) mass is 487 g/mol. The van der Waals surface area contributed by atoms with Crippen LogP contribution in [0.5, 0.6) is 11.5 Å². The quantitative estimate of drug-likeness (QED) is 0.340. The van der Waals surface area contributed by atoms with Gasteiger partial charge >= 0.3 is 0 Å². The highest BCUT2D eigenvalue weighted by Gasteiger charge is 2.13. The molecule has 1 unspecified atom stereocenters. The van der Waals surface area contributed by atoms with Crippen LogP contribution in [0.4, 0.5) is 0 Å². The van der Waals surface area contributed by atoms with Crippen molar-refractivity contribution in [2.45, 2.75) is 39.0 Å². The summed E-state index contributed by atoms with van der Waals surface area (Å²) in [6, 6.07) is 22.8. The van der Waals surface area contributed by atoms with Crippen molar-refractivity contribution in [1.82, 2.24) is 5.32 Å². The predicted molar refractivity (Wildman–Crippen MR) is 128 cm³/mol. The lowest BCUT2D eigenvalue weighted by Crippen LogP contribution is -2.26. The van der Waals surface area contributed by atoms with Gasteiger partial charge < -0.3 is 14.8 Å². The molecule has 5 heteroatoms. The van der Waals surface area contributed by atoms with Gasteiger partial charge in [-0.1, -0.05) is 60.1 Å². The van der Waals surface area contributed by atoms with Crippen LogP contribution in [0.2, 0.25) is 5.02 Å². The number of aryl methyl sites for hydroxylation is 1. The van der Waals surface area contributed by atoms with E-state index in [0.29, 0.717) is 29.2 Å². The van der Waals surface area contributed by atoms with Gasteiger partial charge in [0.15, 0.2) is 11.5 Å². The summed E-state index contributed by atoms with van der Waals surface area (Å²) in [6.07, 6.45) is 2.15. The highest BCUT2D eigenvalue weighted by molar-refractivity contribution is 9.10. The van der Waals surface area contributed by atoms with Gasteiger partial charge in [-0.25, -0.2) is 0 Å². The van der Waals surface area contributed by atoms with Gasteiger partial charge in [-0.3, -0.25) is 0 Å². The van der Waals surface area contributed by atoms with E-state index in [1.54, 1.807) is 7.11 Å². The summed E-state index contributed by atoms with van der Waals surface area (Å²) in [6.45, 7) is 3.36. The van der Waals surface area contributed by atoms with Gasteiger partial charge in [-0.05, 0) is 65.0 Å². The number of rotatable bonds is 10. The molecule has 0 aromatic heterocycles. The molecular weight excluding hydrogens is 462 g/mol. The Kier molecular flexibility index (Phi) is 8.61. The minimum atomic E-state index is 0.378. The Bertz CT molecular complexity index is 949. The van der Waals surface area contributed by atoms with Gasteiger partial charge in [-0.2, -0.15) is 0 Å². The van der Waals surface area contributed by atoms with Crippen molar-refractivity contribution in [2.75, 3.05) is 7.11 Å². The fraction of sp³-hybridized carbons (Fsp3) is 0.280. The molecule has 1 atom stereocenters. The second kappa shape index (κ2) is 11.4. The number of methoxy groups -OCH3 is 1. The van der Waals surface area contributed by atoms with Crippen LogP contribution in [-0.4, -0.2) is 13.2 Å². The average Bonchev–Trinajstić information content (AvgIpc) is 2.77. The first-order valence-corrected chi connectivity index (χ1v) is 11.2. The predicted octanol–water partition coefficient (Wildman–Crippen LogP) is 6.80. The molecule has 30 heavy (non-hydrogen) atoms. The van der Waals surface area contributed by atoms with Crippen molar-refractivity contribution in [2.24, 2.45) is 0 Å². The van der Waals surface area contributed by atoms with Crippen molar-refractivity contribution in [3.05, 3.63) is 92.9 Å². The Balaban J connectivity index is 1.58. The molecule has 0 spiro atoms. The molecule has 0 aliphatic heterocycles. The van der Waals surface area contributed by atoms with Crippen molar-refractivity contribution in [1.29, 1.82) is 0 Å². The van der Waals surface area contributed by atoms with E-state index < -0.39 is 0 Å². The van der Waals surface area contributed by atoms with Crippen LogP contribution >= 0.6 is 27.5 Å². The minimum Gasteiger partial charge on any atom is -0.493 e. The fourth-order valence-electron chi connectivity index (χ4n) is 3.20. The molecule has 0 bridgehead atoms. The summed E-state index contributed by atoms with van der Waals surface area (Å²) >= 11 is 9.87. The van der Waals surface area contributed by atoms with Crippen molar-refractivity contribution >= 4 is 27.5 Å². The molecular formula is C25H27BrClNO2. The normalized spacial score (nSPS) is 11.9. The van der Waals surface area contributed by atoms with Crippen LogP contribution in [0, 0.1) is 0 Å². The number of ether oxygens (including phenoxy) is 2. The fourth-order valence-corrected chi connectivity index (χ4v) is 4.00. The lowest BCUT2D eigenvalue weighted by Gasteiger charge is -2.17. The van der Waals surface area contributed by atoms with Gasteiger partial charge in [0.25, 0.3) is 0 Å². The van der Waals surface area contributed by atoms with Crippen LogP contribution in [-0.2, 0) is 19.6 Å². The third kappa shape index (κ3) is 6.49. The zero-order chi connectivity index (χ0) is 21.3. The molecule has 158 valence electrons. The van der Waals surface area contributed by atoms with Crippen LogP contribution < -0.4 is 14.8 Å². The third-order valence-corrected chi connectivity index (χ3v) is 5.94. The standard InChI is InChI=1S/C25H27BrClNO2/c1-18(12-13-19-8-4-3-5-9-19)28-16-20-14-22(26)25(24(15-20)29-2)30-17-21-10-6-7-11-23(21)27/h3-11,14-15,18,28H,12-13,16-17H2,1-2H3. The molecule has 0 saturated carbocycles. The summed E-state index contributed by atoms with van der Waals surface area (Å²) in [5.41, 5.74) is 3.44. The summed E-state index contributed by atoms with van der Waals surface area (Å²) in [5, 5.41) is 4.29. The molecule has 0 amide bonds. The lowest BCUT2D eigenvalue weighted by molar-refractivity contribution is 0.282. The summed E-state index contributed by atoms with van der Waals surface area (Å²) in [4.78, 5) is 0. The Morgan fingerprint density at radius 1 is 1.00 bits per heavy atom. The van der Waals surface area contributed by atoms with E-state index in [1.165, 1.54) is 5.56 Å². The summed E-state index contributed by atoms with van der Waals surface area (Å²) in [5.74, 6) is 1.38. The molecule has 3 aromatic rings. The number of hydrogen-bond acceptors (Lipinski definition) is 3. The van der Waals surface area contributed by atoms with Crippen molar-refractivity contribution < 1.29 is 9.47 Å². The SMILES string of the molecule is COc1cc(CNC(C)CCc2ccccc2)cc(Br)c1OCc1ccccc1Cl. The van der Waals surface area contributed by atoms with Crippen molar-refractivity contribution in [3.8, 4) is 11.5 Å². The van der Waals surface area contributed by atoms with Gasteiger partial charge in [-0.15, -0.1) is 0 Å². The summed E-state index contributed by atoms with van der Waals surface area (Å²) < 4.78 is 12.5. The smallest absolute Gasteiger partial charge is 0.175 e. The molecule has 3 aromatic carbocycles. The molecule has 0 saturated heterocycles. The maximum Gasteiger partial charge on any atom is 0.175 e. The average molecular weight is 489 g/mol. The summed E-state index contributed by atoms with van der Waals surface area (Å²) in [7, 11) is 1.66. The van der Waals surface area contributed by atoms with Gasteiger partial charge in [0, 0.05) is 23.2 Å². The van der Waals surface area contributed by atoms with Crippen LogP contribution in [0.25, 0.3) is 0 Å². The largest absolute Gasteiger partial charge is 0.493 e. The Morgan fingerprint density at radius 2 is 1.73 bits per heavy atom. The van der Waals surface area contributed by atoms with Gasteiger partial charge in [0.05, 0.1) is 11.6 Å². The van der Waals surface area contributed by atoms with Gasteiger partial charge in [0.1, 0.15) is 6.61 Å². The number of hydrogen-bond donors (Lipinski definition) is 1. The molecule has 0 radical (unpaired) electrons. The van der Waals surface area contributed by atoms with Crippen LogP contribution in [0.15, 0.2) is 71.2 Å². The van der Waals surface area contributed by atoms with E-state index in [4.69, 9.17) is 21.1 Å². The van der Waals surface area contributed by atoms with E-state index in [2.05, 4.69) is 64.6 Å². The van der Waals surface area contributed by atoms with Gasteiger partial charge in [0.2, 0.25) is 0 Å². The highest BCUT2D eigenvalue weighted by atomic mass is 79.9. The minimum absolute atomic E-state index is 0.378. The van der Waals surface area contributed by atoms with E-state index in [0.717, 1.165) is 35.0 Å². The maximum absolute atomic E-state index is 6.23. The van der Waals surface area contributed by atoms with Crippen molar-refractivity contribution in [3.63, 3.8) is 0 Å². The second-order valence-corrected chi connectivity index (χ2v) is 8.56. The lowest BCUT2D eigenvalue weighted by atomic mass is 10.1. The molecule has 1 N–H and O–H groups in total. The zero-order valence-corrected chi connectivity index (χ0v) is 19.7.